The van der Waals surface area contributed by atoms with Gasteiger partial charge in [-0.3, -0.25) is 0 Å². The Morgan fingerprint density at radius 1 is 1.12 bits per heavy atom. The van der Waals surface area contributed by atoms with Crippen LogP contribution in [0, 0.1) is 5.92 Å². The van der Waals surface area contributed by atoms with Crippen molar-refractivity contribution >= 4 is 9.84 Å². The molecule has 1 aliphatic carbocycles. The Labute approximate surface area is 148 Å². The second-order valence-corrected chi connectivity index (χ2v) is 9.57. The van der Waals surface area contributed by atoms with Crippen molar-refractivity contribution in [2.75, 3.05) is 5.75 Å². The number of nitrogens with one attached hydrogen (secondary N) is 1. The van der Waals surface area contributed by atoms with Gasteiger partial charge in [0.1, 0.15) is 0 Å². The first-order chi connectivity index (χ1) is 11.5. The monoisotopic (exact) mass is 351 g/mol. The van der Waals surface area contributed by atoms with Gasteiger partial charge in [0.05, 0.1) is 11.5 Å². The van der Waals surface area contributed by atoms with Gasteiger partial charge in [0.25, 0.3) is 0 Å². The molecule has 0 saturated heterocycles. The summed E-state index contributed by atoms with van der Waals surface area (Å²) in [5, 5.41) is 3.61. The van der Waals surface area contributed by atoms with Gasteiger partial charge in [-0.1, -0.05) is 63.3 Å². The third kappa shape index (κ3) is 6.56. The molecule has 2 rings (SSSR count). The summed E-state index contributed by atoms with van der Waals surface area (Å²) in [7, 11) is -3.00. The normalized spacial score (nSPS) is 17.8. The lowest BCUT2D eigenvalue weighted by Gasteiger charge is -2.25. The van der Waals surface area contributed by atoms with E-state index < -0.39 is 9.84 Å². The molecule has 1 saturated carbocycles. The zero-order valence-electron chi connectivity index (χ0n) is 15.3. The van der Waals surface area contributed by atoms with Crippen molar-refractivity contribution in [3.8, 4) is 0 Å². The molecule has 0 bridgehead atoms. The summed E-state index contributed by atoms with van der Waals surface area (Å²) in [5.41, 5.74) is 2.07. The van der Waals surface area contributed by atoms with Crippen LogP contribution in [0.3, 0.4) is 0 Å². The summed E-state index contributed by atoms with van der Waals surface area (Å²) in [6, 6.07) is 8.42. The van der Waals surface area contributed by atoms with Crippen molar-refractivity contribution in [3.05, 3.63) is 35.4 Å². The summed E-state index contributed by atoms with van der Waals surface area (Å²) in [6.45, 7) is 4.93. The van der Waals surface area contributed by atoms with E-state index in [0.29, 0.717) is 12.5 Å². The molecular weight excluding hydrogens is 318 g/mol. The lowest BCUT2D eigenvalue weighted by molar-refractivity contribution is 0.304. The maximum absolute atomic E-state index is 12.1. The minimum atomic E-state index is -3.00. The molecule has 0 aliphatic heterocycles. The average Bonchev–Trinajstić information content (AvgIpc) is 2.54. The maximum Gasteiger partial charge on any atom is 0.154 e. The van der Waals surface area contributed by atoms with Crippen molar-refractivity contribution in [2.45, 2.75) is 77.1 Å². The third-order valence-corrected chi connectivity index (χ3v) is 6.84. The summed E-state index contributed by atoms with van der Waals surface area (Å²) in [5.74, 6) is 1.30. The molecule has 3 nitrogen and oxygen atoms in total. The van der Waals surface area contributed by atoms with Crippen molar-refractivity contribution in [3.63, 3.8) is 0 Å². The first kappa shape index (κ1) is 19.5. The molecule has 1 aliphatic rings. The first-order valence-corrected chi connectivity index (χ1v) is 11.3. The topological polar surface area (TPSA) is 46.2 Å². The van der Waals surface area contributed by atoms with Gasteiger partial charge < -0.3 is 5.32 Å². The van der Waals surface area contributed by atoms with Crippen LogP contribution in [0.4, 0.5) is 0 Å². The summed E-state index contributed by atoms with van der Waals surface area (Å²) in [4.78, 5) is 0. The van der Waals surface area contributed by atoms with E-state index in [1.165, 1.54) is 38.5 Å². The molecule has 1 unspecified atom stereocenters. The van der Waals surface area contributed by atoms with Crippen LogP contribution >= 0.6 is 0 Å². The molecule has 0 radical (unpaired) electrons. The lowest BCUT2D eigenvalue weighted by atomic mass is 9.85. The highest BCUT2D eigenvalue weighted by atomic mass is 32.2. The molecule has 0 aromatic heterocycles. The molecule has 1 fully saturated rings. The smallest absolute Gasteiger partial charge is 0.154 e. The van der Waals surface area contributed by atoms with Crippen molar-refractivity contribution < 1.29 is 8.42 Å². The van der Waals surface area contributed by atoms with Gasteiger partial charge in [-0.05, 0) is 36.8 Å². The molecule has 0 spiro atoms. The van der Waals surface area contributed by atoms with Crippen molar-refractivity contribution in [1.29, 1.82) is 0 Å². The third-order valence-electron chi connectivity index (χ3n) is 5.06. The van der Waals surface area contributed by atoms with E-state index in [4.69, 9.17) is 0 Å². The Kier molecular flexibility index (Phi) is 7.76. The lowest BCUT2D eigenvalue weighted by Crippen LogP contribution is -2.29. The predicted octanol–water partition coefficient (Wildman–Crippen LogP) is 4.46. The predicted molar refractivity (Wildman–Crippen MR) is 102 cm³/mol. The van der Waals surface area contributed by atoms with Crippen LogP contribution in [0.5, 0.6) is 0 Å². The highest BCUT2D eigenvalue weighted by Crippen LogP contribution is 2.27. The van der Waals surface area contributed by atoms with Gasteiger partial charge in [0.2, 0.25) is 0 Å². The molecule has 1 aromatic carbocycles. The Balaban J connectivity index is 1.89. The number of benzene rings is 1. The van der Waals surface area contributed by atoms with Gasteiger partial charge in [-0.15, -0.1) is 0 Å². The molecule has 1 atom stereocenters. The van der Waals surface area contributed by atoms with Gasteiger partial charge in [-0.2, -0.15) is 0 Å². The molecule has 1 N–H and O–H groups in total. The van der Waals surface area contributed by atoms with Crippen LogP contribution in [-0.4, -0.2) is 20.2 Å². The van der Waals surface area contributed by atoms with E-state index >= 15 is 0 Å². The molecule has 24 heavy (non-hydrogen) atoms. The van der Waals surface area contributed by atoms with Crippen LogP contribution in [0.15, 0.2) is 24.3 Å². The molecule has 0 amide bonds. The molecular formula is C20H33NO2S. The maximum atomic E-state index is 12.1. The largest absolute Gasteiger partial charge is 0.310 e. The summed E-state index contributed by atoms with van der Waals surface area (Å²) >= 11 is 0. The van der Waals surface area contributed by atoms with Gasteiger partial charge in [-0.25, -0.2) is 8.42 Å². The van der Waals surface area contributed by atoms with Crippen LogP contribution < -0.4 is 5.32 Å². The van der Waals surface area contributed by atoms with E-state index in [9.17, 15) is 8.42 Å². The highest BCUT2D eigenvalue weighted by molar-refractivity contribution is 7.90. The second-order valence-electron chi connectivity index (χ2n) is 7.38. The van der Waals surface area contributed by atoms with Crippen molar-refractivity contribution in [1.82, 2.24) is 5.32 Å². The van der Waals surface area contributed by atoms with Crippen LogP contribution in [0.25, 0.3) is 0 Å². The number of hydrogen-bond donors (Lipinski definition) is 1. The zero-order valence-corrected chi connectivity index (χ0v) is 16.1. The summed E-state index contributed by atoms with van der Waals surface area (Å²) < 4.78 is 24.3. The first-order valence-electron chi connectivity index (χ1n) is 9.50. The SMILES string of the molecule is CCCS(=O)(=O)Cc1ccccc1CNC(C)CC1CCCCC1. The van der Waals surface area contributed by atoms with Crippen LogP contribution in [0.2, 0.25) is 0 Å². The number of sulfone groups is 1. The quantitative estimate of drug-likeness (QED) is 0.714. The van der Waals surface area contributed by atoms with Crippen molar-refractivity contribution in [2.24, 2.45) is 5.92 Å². The minimum Gasteiger partial charge on any atom is -0.310 e. The van der Waals surface area contributed by atoms with Gasteiger partial charge >= 0.3 is 0 Å². The summed E-state index contributed by atoms with van der Waals surface area (Å²) in [6.07, 6.45) is 8.83. The molecule has 0 heterocycles. The molecule has 4 heteroatoms. The van der Waals surface area contributed by atoms with E-state index in [1.807, 2.05) is 25.1 Å². The fourth-order valence-electron chi connectivity index (χ4n) is 3.78. The van der Waals surface area contributed by atoms with Crippen LogP contribution in [0.1, 0.15) is 69.9 Å². The van der Waals surface area contributed by atoms with E-state index in [0.717, 1.165) is 23.6 Å². The fourth-order valence-corrected chi connectivity index (χ4v) is 5.30. The van der Waals surface area contributed by atoms with Gasteiger partial charge in [0.15, 0.2) is 9.84 Å². The van der Waals surface area contributed by atoms with Gasteiger partial charge in [0, 0.05) is 12.6 Å². The zero-order chi connectivity index (χ0) is 17.4. The van der Waals surface area contributed by atoms with Crippen LogP contribution in [-0.2, 0) is 22.1 Å². The highest BCUT2D eigenvalue weighted by Gasteiger charge is 2.17. The fraction of sp³-hybridized carbons (Fsp3) is 0.700. The van der Waals surface area contributed by atoms with E-state index in [2.05, 4.69) is 18.3 Å². The minimum absolute atomic E-state index is 0.162. The number of hydrogen-bond acceptors (Lipinski definition) is 3. The Hall–Kier alpha value is -0.870. The average molecular weight is 352 g/mol. The molecule has 136 valence electrons. The van der Waals surface area contributed by atoms with E-state index in [-0.39, 0.29) is 11.5 Å². The standard InChI is InChI=1S/C20H33NO2S/c1-3-13-24(22,23)16-20-12-8-7-11-19(20)15-21-17(2)14-18-9-5-4-6-10-18/h7-8,11-12,17-18,21H,3-6,9-10,13-16H2,1-2H3. The Bertz CT molecular complexity index is 591. The van der Waals surface area contributed by atoms with E-state index in [1.54, 1.807) is 0 Å². The Morgan fingerprint density at radius 2 is 1.79 bits per heavy atom. The second kappa shape index (κ2) is 9.57. The Morgan fingerprint density at radius 3 is 2.46 bits per heavy atom. The molecule has 1 aromatic rings. The number of rotatable bonds is 9.